The molecule has 3 N–H and O–H groups in total. The number of guanidine groups is 1. The Balaban J connectivity index is 0.00000225. The Kier molecular flexibility index (Phi) is 7.53. The van der Waals surface area contributed by atoms with Gasteiger partial charge in [0, 0.05) is 69.9 Å². The van der Waals surface area contributed by atoms with Gasteiger partial charge in [-0.3, -0.25) is 19.6 Å². The number of carbonyl (C=O) groups excluding carboxylic acids is 1. The molecule has 5 rings (SSSR count). The van der Waals surface area contributed by atoms with Crippen LogP contribution in [0.4, 0.5) is 5.69 Å². The third kappa shape index (κ3) is 4.96. The van der Waals surface area contributed by atoms with Crippen molar-refractivity contribution in [3.63, 3.8) is 0 Å². The average molecular weight is 498 g/mol. The van der Waals surface area contributed by atoms with Crippen LogP contribution in [0.5, 0.6) is 0 Å². The van der Waals surface area contributed by atoms with E-state index in [0.29, 0.717) is 19.0 Å². The van der Waals surface area contributed by atoms with Crippen LogP contribution in [0.2, 0.25) is 0 Å². The standard InChI is InChI=1S/C20H30N6O.HI/c1-2-21-20(23-13-16-14-25-7-9-26(16)10-8-25)22-12-15-11-19(27)24-18-6-4-3-5-17(15)18;/h3-6,15-16H,2,7-14H2,1H3,(H,24,27)(H2,21,22,23);1H. The first-order valence-electron chi connectivity index (χ1n) is 10.1. The Hall–Kier alpha value is -1.39. The maximum absolute atomic E-state index is 12.0. The first kappa shape index (κ1) is 21.3. The van der Waals surface area contributed by atoms with Crippen molar-refractivity contribution in [3.05, 3.63) is 29.8 Å². The summed E-state index contributed by atoms with van der Waals surface area (Å²) in [4.78, 5) is 22.0. The molecule has 0 spiro atoms. The fraction of sp³-hybridized carbons (Fsp3) is 0.600. The van der Waals surface area contributed by atoms with Crippen LogP contribution >= 0.6 is 24.0 Å². The normalized spacial score (nSPS) is 28.8. The van der Waals surface area contributed by atoms with Crippen LogP contribution in [0.15, 0.2) is 29.3 Å². The van der Waals surface area contributed by atoms with Gasteiger partial charge >= 0.3 is 0 Å². The van der Waals surface area contributed by atoms with Gasteiger partial charge in [0.05, 0.1) is 6.54 Å². The molecule has 4 heterocycles. The van der Waals surface area contributed by atoms with E-state index < -0.39 is 0 Å². The second-order valence-corrected chi connectivity index (χ2v) is 7.63. The Morgan fingerprint density at radius 2 is 2.00 bits per heavy atom. The maximum Gasteiger partial charge on any atom is 0.225 e. The second-order valence-electron chi connectivity index (χ2n) is 7.63. The molecule has 0 saturated carbocycles. The molecular weight excluding hydrogens is 467 g/mol. The van der Waals surface area contributed by atoms with E-state index in [2.05, 4.69) is 38.7 Å². The summed E-state index contributed by atoms with van der Waals surface area (Å²) < 4.78 is 0. The third-order valence-electron chi connectivity index (χ3n) is 5.82. The predicted molar refractivity (Wildman–Crippen MR) is 124 cm³/mol. The fourth-order valence-corrected chi connectivity index (χ4v) is 4.34. The number of hydrogen-bond acceptors (Lipinski definition) is 4. The number of halogens is 1. The topological polar surface area (TPSA) is 72.0 Å². The van der Waals surface area contributed by atoms with E-state index in [1.54, 1.807) is 0 Å². The smallest absolute Gasteiger partial charge is 0.225 e. The number of rotatable bonds is 5. The number of carbonyl (C=O) groups is 1. The summed E-state index contributed by atoms with van der Waals surface area (Å²) in [5, 5.41) is 9.77. The van der Waals surface area contributed by atoms with Gasteiger partial charge in [-0.05, 0) is 18.6 Å². The van der Waals surface area contributed by atoms with Gasteiger partial charge in [0.15, 0.2) is 5.96 Å². The molecule has 2 unspecified atom stereocenters. The van der Waals surface area contributed by atoms with E-state index >= 15 is 0 Å². The molecule has 0 aliphatic carbocycles. The van der Waals surface area contributed by atoms with Gasteiger partial charge in [-0.1, -0.05) is 18.2 Å². The molecule has 4 aliphatic rings. The Bertz CT molecular complexity index is 704. The zero-order chi connectivity index (χ0) is 18.6. The summed E-state index contributed by atoms with van der Waals surface area (Å²) in [7, 11) is 0. The molecule has 2 bridgehead atoms. The van der Waals surface area contributed by atoms with Crippen molar-refractivity contribution in [1.82, 2.24) is 20.4 Å². The van der Waals surface area contributed by atoms with E-state index in [9.17, 15) is 4.79 Å². The number of anilines is 1. The number of para-hydroxylation sites is 1. The lowest BCUT2D eigenvalue weighted by atomic mass is 9.90. The minimum absolute atomic E-state index is 0. The highest BCUT2D eigenvalue weighted by Crippen LogP contribution is 2.31. The van der Waals surface area contributed by atoms with E-state index in [1.807, 2.05) is 18.2 Å². The van der Waals surface area contributed by atoms with Gasteiger partial charge in [-0.25, -0.2) is 0 Å². The average Bonchev–Trinajstić information content (AvgIpc) is 2.70. The van der Waals surface area contributed by atoms with Crippen molar-refractivity contribution < 1.29 is 4.79 Å². The molecule has 154 valence electrons. The monoisotopic (exact) mass is 498 g/mol. The number of hydrogen-bond donors (Lipinski definition) is 3. The van der Waals surface area contributed by atoms with E-state index in [0.717, 1.165) is 44.4 Å². The molecule has 0 radical (unpaired) electrons. The predicted octanol–water partition coefficient (Wildman–Crippen LogP) is 1.29. The van der Waals surface area contributed by atoms with Crippen LogP contribution < -0.4 is 16.0 Å². The van der Waals surface area contributed by atoms with Gasteiger partial charge in [0.2, 0.25) is 5.91 Å². The highest BCUT2D eigenvalue weighted by Gasteiger charge is 2.31. The summed E-state index contributed by atoms with van der Waals surface area (Å²) in [6.45, 7) is 10.3. The number of amides is 1. The van der Waals surface area contributed by atoms with Crippen molar-refractivity contribution in [3.8, 4) is 0 Å². The minimum Gasteiger partial charge on any atom is -0.357 e. The number of nitrogens with zero attached hydrogens (tertiary/aromatic N) is 3. The van der Waals surface area contributed by atoms with Crippen molar-refractivity contribution in [1.29, 1.82) is 0 Å². The summed E-state index contributed by atoms with van der Waals surface area (Å²) in [5.41, 5.74) is 2.13. The molecule has 4 aliphatic heterocycles. The van der Waals surface area contributed by atoms with Crippen LogP contribution in [0.3, 0.4) is 0 Å². The summed E-state index contributed by atoms with van der Waals surface area (Å²) in [5.74, 6) is 1.10. The van der Waals surface area contributed by atoms with Gasteiger partial charge in [-0.15, -0.1) is 24.0 Å². The first-order chi connectivity index (χ1) is 13.2. The van der Waals surface area contributed by atoms with Gasteiger partial charge in [-0.2, -0.15) is 0 Å². The molecule has 1 aromatic carbocycles. The second kappa shape index (κ2) is 9.89. The highest BCUT2D eigenvalue weighted by molar-refractivity contribution is 14.0. The number of nitrogens with one attached hydrogen (secondary N) is 3. The lowest BCUT2D eigenvalue weighted by Crippen LogP contribution is -2.62. The SMILES string of the molecule is CCNC(=NCC1CN2CCN1CC2)NCC1CC(=O)Nc2ccccc21.I. The summed E-state index contributed by atoms with van der Waals surface area (Å²) in [6, 6.07) is 8.59. The molecule has 3 fully saturated rings. The molecule has 3 saturated heterocycles. The molecule has 28 heavy (non-hydrogen) atoms. The first-order valence-corrected chi connectivity index (χ1v) is 10.1. The molecule has 7 nitrogen and oxygen atoms in total. The largest absolute Gasteiger partial charge is 0.357 e. The molecule has 0 aromatic heterocycles. The van der Waals surface area contributed by atoms with Gasteiger partial charge < -0.3 is 16.0 Å². The van der Waals surface area contributed by atoms with Crippen LogP contribution in [-0.2, 0) is 4.79 Å². The molecule has 8 heteroatoms. The molecular formula is C20H31IN6O. The van der Waals surface area contributed by atoms with Crippen molar-refractivity contribution >= 4 is 41.5 Å². The molecule has 1 aromatic rings. The molecule has 2 atom stereocenters. The maximum atomic E-state index is 12.0. The van der Waals surface area contributed by atoms with Crippen LogP contribution in [-0.4, -0.2) is 80.1 Å². The summed E-state index contributed by atoms with van der Waals surface area (Å²) in [6.07, 6.45) is 0.509. The minimum atomic E-state index is 0. The highest BCUT2D eigenvalue weighted by atomic mass is 127. The zero-order valence-electron chi connectivity index (χ0n) is 16.5. The van der Waals surface area contributed by atoms with Crippen LogP contribution in [0.1, 0.15) is 24.8 Å². The van der Waals surface area contributed by atoms with Gasteiger partial charge in [0.25, 0.3) is 0 Å². The third-order valence-corrected chi connectivity index (χ3v) is 5.82. The van der Waals surface area contributed by atoms with E-state index in [4.69, 9.17) is 4.99 Å². The van der Waals surface area contributed by atoms with E-state index in [-0.39, 0.29) is 35.8 Å². The van der Waals surface area contributed by atoms with Crippen LogP contribution in [0, 0.1) is 0 Å². The fourth-order valence-electron chi connectivity index (χ4n) is 4.34. The van der Waals surface area contributed by atoms with Crippen LogP contribution in [0.25, 0.3) is 0 Å². The zero-order valence-corrected chi connectivity index (χ0v) is 18.8. The quantitative estimate of drug-likeness (QED) is 0.324. The number of aliphatic imine (C=N–C) groups is 1. The number of fused-ring (bicyclic) bond motifs is 4. The van der Waals surface area contributed by atoms with Gasteiger partial charge in [0.1, 0.15) is 0 Å². The van der Waals surface area contributed by atoms with Crippen molar-refractivity contribution in [2.24, 2.45) is 4.99 Å². The van der Waals surface area contributed by atoms with E-state index in [1.165, 1.54) is 18.7 Å². The Morgan fingerprint density at radius 3 is 2.71 bits per heavy atom. The van der Waals surface area contributed by atoms with Crippen molar-refractivity contribution in [2.45, 2.75) is 25.3 Å². The Labute approximate surface area is 184 Å². The Morgan fingerprint density at radius 1 is 1.21 bits per heavy atom. The molecule has 1 amide bonds. The summed E-state index contributed by atoms with van der Waals surface area (Å²) >= 11 is 0. The lowest BCUT2D eigenvalue weighted by molar-refractivity contribution is -0.116. The lowest BCUT2D eigenvalue weighted by Gasteiger charge is -2.47. The van der Waals surface area contributed by atoms with Crippen molar-refractivity contribution in [2.75, 3.05) is 57.7 Å². The number of piperazine rings is 3. The number of benzene rings is 1.